The lowest BCUT2D eigenvalue weighted by molar-refractivity contribution is 0.143. The number of ether oxygens (including phenoxy) is 1. The van der Waals surface area contributed by atoms with Gasteiger partial charge in [-0.05, 0) is 30.3 Å². The van der Waals surface area contributed by atoms with Crippen LogP contribution in [0.25, 0.3) is 0 Å². The van der Waals surface area contributed by atoms with Crippen molar-refractivity contribution >= 4 is 32.4 Å². The standard InChI is InChI=1S/C12H22N4O3S2/c1-15(2)21(17,18)10-11(13)14-20-12(10)16-6-4-5-9(7-16)8-19-3/h9H,4-8H2,1-3H3,(H2,13,14). The fourth-order valence-corrected chi connectivity index (χ4v) is 4.79. The molecule has 1 atom stereocenters. The van der Waals surface area contributed by atoms with E-state index in [1.165, 1.54) is 18.4 Å². The Bertz CT molecular complexity index is 583. The van der Waals surface area contributed by atoms with E-state index < -0.39 is 10.0 Å². The summed E-state index contributed by atoms with van der Waals surface area (Å²) >= 11 is 1.15. The maximum absolute atomic E-state index is 12.4. The quantitative estimate of drug-likeness (QED) is 0.858. The summed E-state index contributed by atoms with van der Waals surface area (Å²) in [5.74, 6) is 0.486. The predicted molar refractivity (Wildman–Crippen MR) is 84.2 cm³/mol. The van der Waals surface area contributed by atoms with Crippen molar-refractivity contribution < 1.29 is 13.2 Å². The Labute approximate surface area is 129 Å². The van der Waals surface area contributed by atoms with E-state index in [2.05, 4.69) is 9.27 Å². The Morgan fingerprint density at radius 3 is 2.86 bits per heavy atom. The smallest absolute Gasteiger partial charge is 0.249 e. The summed E-state index contributed by atoms with van der Waals surface area (Å²) in [6.45, 7) is 2.27. The second-order valence-corrected chi connectivity index (χ2v) is 8.24. The third kappa shape index (κ3) is 3.31. The number of nitrogen functional groups attached to an aromatic ring is 1. The molecule has 1 aliphatic rings. The molecule has 7 nitrogen and oxygen atoms in total. The summed E-state index contributed by atoms with van der Waals surface area (Å²) in [6.07, 6.45) is 2.10. The zero-order valence-corrected chi connectivity index (χ0v) is 14.2. The van der Waals surface area contributed by atoms with Gasteiger partial charge in [-0.3, -0.25) is 0 Å². The highest BCUT2D eigenvalue weighted by Crippen LogP contribution is 2.37. The number of nitrogens with zero attached hydrogens (tertiary/aromatic N) is 3. The molecular weight excluding hydrogens is 312 g/mol. The molecule has 1 aliphatic heterocycles. The highest BCUT2D eigenvalue weighted by Gasteiger charge is 2.32. The number of hydrogen-bond acceptors (Lipinski definition) is 7. The SMILES string of the molecule is COCC1CCCN(c2snc(N)c2S(=O)(=O)N(C)C)C1. The molecule has 1 unspecified atom stereocenters. The fraction of sp³-hybridized carbons (Fsp3) is 0.750. The number of aromatic nitrogens is 1. The first-order valence-electron chi connectivity index (χ1n) is 6.79. The highest BCUT2D eigenvalue weighted by atomic mass is 32.2. The molecule has 1 saturated heterocycles. The van der Waals surface area contributed by atoms with E-state index in [-0.39, 0.29) is 10.7 Å². The monoisotopic (exact) mass is 334 g/mol. The third-order valence-electron chi connectivity index (χ3n) is 3.60. The molecule has 1 aromatic heterocycles. The number of sulfonamides is 1. The Morgan fingerprint density at radius 1 is 1.52 bits per heavy atom. The average molecular weight is 334 g/mol. The Balaban J connectivity index is 2.33. The van der Waals surface area contributed by atoms with Crippen molar-refractivity contribution in [3.63, 3.8) is 0 Å². The normalized spacial score (nSPS) is 20.2. The van der Waals surface area contributed by atoms with Crippen molar-refractivity contribution in [2.24, 2.45) is 5.92 Å². The van der Waals surface area contributed by atoms with Gasteiger partial charge in [-0.2, -0.15) is 4.37 Å². The van der Waals surface area contributed by atoms with E-state index in [0.717, 1.165) is 37.5 Å². The van der Waals surface area contributed by atoms with Crippen LogP contribution in [0, 0.1) is 5.92 Å². The van der Waals surface area contributed by atoms with E-state index in [9.17, 15) is 8.42 Å². The molecule has 0 radical (unpaired) electrons. The Morgan fingerprint density at radius 2 is 2.24 bits per heavy atom. The third-order valence-corrected chi connectivity index (χ3v) is 6.54. The van der Waals surface area contributed by atoms with Crippen LogP contribution in [0.15, 0.2) is 4.90 Å². The summed E-state index contributed by atoms with van der Waals surface area (Å²) in [6, 6.07) is 0. The molecule has 1 aromatic rings. The molecule has 21 heavy (non-hydrogen) atoms. The van der Waals surface area contributed by atoms with Gasteiger partial charge in [0, 0.05) is 34.3 Å². The molecule has 0 aromatic carbocycles. The molecule has 2 rings (SSSR count). The molecule has 0 amide bonds. The first kappa shape index (κ1) is 16.5. The van der Waals surface area contributed by atoms with Gasteiger partial charge in [-0.15, -0.1) is 0 Å². The van der Waals surface area contributed by atoms with Gasteiger partial charge in [0.05, 0.1) is 6.61 Å². The van der Waals surface area contributed by atoms with Gasteiger partial charge in [0.2, 0.25) is 10.0 Å². The molecule has 0 aliphatic carbocycles. The van der Waals surface area contributed by atoms with Gasteiger partial charge in [0.1, 0.15) is 5.00 Å². The molecular formula is C12H22N4O3S2. The highest BCUT2D eigenvalue weighted by molar-refractivity contribution is 7.89. The fourth-order valence-electron chi connectivity index (χ4n) is 2.53. The van der Waals surface area contributed by atoms with Crippen LogP contribution in [0.4, 0.5) is 10.8 Å². The van der Waals surface area contributed by atoms with Crippen molar-refractivity contribution in [1.29, 1.82) is 0 Å². The number of rotatable bonds is 5. The number of hydrogen-bond donors (Lipinski definition) is 1. The van der Waals surface area contributed by atoms with Crippen LogP contribution in [0.5, 0.6) is 0 Å². The van der Waals surface area contributed by atoms with Crippen LogP contribution in [0.2, 0.25) is 0 Å². The first-order valence-corrected chi connectivity index (χ1v) is 9.00. The van der Waals surface area contributed by atoms with E-state index in [1.807, 2.05) is 0 Å². The van der Waals surface area contributed by atoms with Gasteiger partial charge in [-0.1, -0.05) is 0 Å². The van der Waals surface area contributed by atoms with Gasteiger partial charge in [0.15, 0.2) is 10.7 Å². The number of methoxy groups -OCH3 is 1. The minimum Gasteiger partial charge on any atom is -0.384 e. The maximum Gasteiger partial charge on any atom is 0.249 e. The van der Waals surface area contributed by atoms with Crippen molar-refractivity contribution in [2.45, 2.75) is 17.7 Å². The minimum atomic E-state index is -3.59. The Kier molecular flexibility index (Phi) is 5.07. The minimum absolute atomic E-state index is 0.0811. The van der Waals surface area contributed by atoms with Crippen LogP contribution in [-0.4, -0.2) is 58.0 Å². The van der Waals surface area contributed by atoms with Crippen LogP contribution in [-0.2, 0) is 14.8 Å². The summed E-state index contributed by atoms with van der Waals surface area (Å²) in [5.41, 5.74) is 5.81. The van der Waals surface area contributed by atoms with Crippen LogP contribution >= 0.6 is 11.5 Å². The number of anilines is 2. The van der Waals surface area contributed by atoms with Gasteiger partial charge >= 0.3 is 0 Å². The van der Waals surface area contributed by atoms with Crippen molar-refractivity contribution in [2.75, 3.05) is 51.5 Å². The van der Waals surface area contributed by atoms with Crippen molar-refractivity contribution in [3.05, 3.63) is 0 Å². The largest absolute Gasteiger partial charge is 0.384 e. The van der Waals surface area contributed by atoms with Crippen molar-refractivity contribution in [1.82, 2.24) is 8.68 Å². The zero-order chi connectivity index (χ0) is 15.6. The zero-order valence-electron chi connectivity index (χ0n) is 12.6. The molecule has 120 valence electrons. The topological polar surface area (TPSA) is 88.8 Å². The van der Waals surface area contributed by atoms with Gasteiger partial charge in [0.25, 0.3) is 0 Å². The molecule has 1 fully saturated rings. The predicted octanol–water partition coefficient (Wildman–Crippen LogP) is 0.838. The molecule has 2 N–H and O–H groups in total. The van der Waals surface area contributed by atoms with E-state index in [4.69, 9.17) is 10.5 Å². The lowest BCUT2D eigenvalue weighted by atomic mass is 9.99. The van der Waals surface area contributed by atoms with Crippen LogP contribution in [0.1, 0.15) is 12.8 Å². The second kappa shape index (κ2) is 6.47. The second-order valence-electron chi connectivity index (χ2n) is 5.40. The lowest BCUT2D eigenvalue weighted by Crippen LogP contribution is -2.37. The first-order chi connectivity index (χ1) is 9.87. The summed E-state index contributed by atoms with van der Waals surface area (Å²) < 4.78 is 35.3. The summed E-state index contributed by atoms with van der Waals surface area (Å²) in [7, 11) is 1.10. The van der Waals surface area contributed by atoms with Crippen LogP contribution < -0.4 is 10.6 Å². The average Bonchev–Trinajstić information content (AvgIpc) is 2.82. The molecule has 0 saturated carbocycles. The maximum atomic E-state index is 12.4. The lowest BCUT2D eigenvalue weighted by Gasteiger charge is -2.33. The summed E-state index contributed by atoms with van der Waals surface area (Å²) in [5, 5.41) is 0.641. The Hall–Kier alpha value is -0.900. The number of piperidine rings is 1. The van der Waals surface area contributed by atoms with Gasteiger partial charge < -0.3 is 15.4 Å². The number of nitrogens with two attached hydrogens (primary N) is 1. The van der Waals surface area contributed by atoms with Crippen LogP contribution in [0.3, 0.4) is 0 Å². The molecule has 2 heterocycles. The molecule has 0 spiro atoms. The van der Waals surface area contributed by atoms with E-state index >= 15 is 0 Å². The molecule has 9 heteroatoms. The summed E-state index contributed by atoms with van der Waals surface area (Å²) in [4.78, 5) is 2.20. The van der Waals surface area contributed by atoms with Crippen molar-refractivity contribution in [3.8, 4) is 0 Å². The van der Waals surface area contributed by atoms with E-state index in [1.54, 1.807) is 7.11 Å². The van der Waals surface area contributed by atoms with Gasteiger partial charge in [-0.25, -0.2) is 12.7 Å². The molecule has 0 bridgehead atoms. The van der Waals surface area contributed by atoms with E-state index in [0.29, 0.717) is 17.5 Å².